The molecule has 2 rings (SSSR count). The van der Waals surface area contributed by atoms with Crippen LogP contribution in [0, 0.1) is 13.8 Å². The third-order valence-corrected chi connectivity index (χ3v) is 4.20. The zero-order valence-corrected chi connectivity index (χ0v) is 17.5. The molecule has 0 aliphatic carbocycles. The summed E-state index contributed by atoms with van der Waals surface area (Å²) >= 11 is 0. The van der Waals surface area contributed by atoms with Crippen molar-refractivity contribution in [3.05, 3.63) is 53.6 Å². The van der Waals surface area contributed by atoms with Crippen molar-refractivity contribution >= 4 is 21.8 Å². The van der Waals surface area contributed by atoms with E-state index in [2.05, 4.69) is 0 Å². The Labute approximate surface area is 166 Å². The van der Waals surface area contributed by atoms with E-state index in [9.17, 15) is 13.2 Å². The van der Waals surface area contributed by atoms with Crippen LogP contribution in [0.4, 0.5) is 5.69 Å². The Morgan fingerprint density at radius 2 is 1.64 bits per heavy atom. The molecule has 2 aromatic carbocycles. The molecule has 7 nitrogen and oxygen atoms in total. The molecule has 0 heterocycles. The monoisotopic (exact) mass is 409 g/mol. The number of ether oxygens (including phenoxy) is 2. The molecular formula is C20H27NO6S. The molecule has 154 valence electrons. The van der Waals surface area contributed by atoms with Crippen molar-refractivity contribution in [2.45, 2.75) is 45.1 Å². The lowest BCUT2D eigenvalue weighted by molar-refractivity contribution is -0.157. The molecular weight excluding hydrogens is 382 g/mol. The molecule has 0 atom stereocenters. The predicted molar refractivity (Wildman–Crippen MR) is 108 cm³/mol. The largest absolute Gasteiger partial charge is 0.482 e. The standard InChI is InChI=1S/C13H19NO3.C7H8O3S/c1-9-7-10(5-6-11(9)14)16-8-12(15)17-13(2,3)4;1-6-2-4-7(5-3-6)11(8,9)10/h5-7H,8,14H2,1-4H3;2-5H,1H3,(H,8,9,10). The van der Waals surface area contributed by atoms with Crippen molar-refractivity contribution in [1.82, 2.24) is 0 Å². The number of nitrogen functional groups attached to an aromatic ring is 1. The van der Waals surface area contributed by atoms with Gasteiger partial charge in [0.05, 0.1) is 4.90 Å². The van der Waals surface area contributed by atoms with Crippen LogP contribution in [0.2, 0.25) is 0 Å². The molecule has 0 unspecified atom stereocenters. The minimum absolute atomic E-state index is 0.0666. The summed E-state index contributed by atoms with van der Waals surface area (Å²) in [4.78, 5) is 11.3. The van der Waals surface area contributed by atoms with Crippen LogP contribution in [-0.2, 0) is 19.6 Å². The van der Waals surface area contributed by atoms with E-state index >= 15 is 0 Å². The average Bonchev–Trinajstić information content (AvgIpc) is 2.54. The van der Waals surface area contributed by atoms with E-state index in [1.54, 1.807) is 30.3 Å². The molecule has 0 aliphatic heterocycles. The first-order valence-corrected chi connectivity index (χ1v) is 9.97. The Bertz CT molecular complexity index is 899. The Balaban J connectivity index is 0.000000307. The fourth-order valence-corrected chi connectivity index (χ4v) is 2.44. The number of nitrogens with two attached hydrogens (primary N) is 1. The highest BCUT2D eigenvalue weighted by Gasteiger charge is 2.16. The minimum atomic E-state index is -4.02. The fourth-order valence-electron chi connectivity index (χ4n) is 1.96. The molecule has 28 heavy (non-hydrogen) atoms. The minimum Gasteiger partial charge on any atom is -0.482 e. The smallest absolute Gasteiger partial charge is 0.344 e. The van der Waals surface area contributed by atoms with Gasteiger partial charge in [0.25, 0.3) is 10.1 Å². The molecule has 0 aromatic heterocycles. The molecule has 0 spiro atoms. The van der Waals surface area contributed by atoms with Crippen LogP contribution in [0.3, 0.4) is 0 Å². The number of hydrogen-bond donors (Lipinski definition) is 2. The van der Waals surface area contributed by atoms with Crippen LogP contribution in [-0.4, -0.2) is 31.1 Å². The number of carbonyl (C=O) groups is 1. The summed E-state index contributed by atoms with van der Waals surface area (Å²) < 4.78 is 40.0. The van der Waals surface area contributed by atoms with Crippen LogP contribution in [0.25, 0.3) is 0 Å². The highest BCUT2D eigenvalue weighted by Crippen LogP contribution is 2.18. The maximum atomic E-state index is 11.4. The van der Waals surface area contributed by atoms with Crippen molar-refractivity contribution in [3.63, 3.8) is 0 Å². The summed E-state index contributed by atoms with van der Waals surface area (Å²) in [5.74, 6) is 0.231. The number of benzene rings is 2. The Morgan fingerprint density at radius 3 is 2.11 bits per heavy atom. The van der Waals surface area contributed by atoms with Crippen molar-refractivity contribution in [3.8, 4) is 5.75 Å². The number of hydrogen-bond acceptors (Lipinski definition) is 6. The maximum Gasteiger partial charge on any atom is 0.344 e. The molecule has 0 saturated heterocycles. The third kappa shape index (κ3) is 8.88. The zero-order chi connectivity index (χ0) is 21.5. The van der Waals surface area contributed by atoms with E-state index < -0.39 is 15.7 Å². The molecule has 2 aromatic rings. The second kappa shape index (κ2) is 9.57. The molecule has 0 radical (unpaired) electrons. The van der Waals surface area contributed by atoms with Gasteiger partial charge in [0.15, 0.2) is 6.61 Å². The first-order valence-electron chi connectivity index (χ1n) is 8.53. The zero-order valence-electron chi connectivity index (χ0n) is 16.7. The van der Waals surface area contributed by atoms with Gasteiger partial charge in [0.2, 0.25) is 0 Å². The predicted octanol–water partition coefficient (Wildman–Crippen LogP) is 3.54. The maximum absolute atomic E-state index is 11.4. The summed E-state index contributed by atoms with van der Waals surface area (Å²) in [7, 11) is -4.02. The van der Waals surface area contributed by atoms with Gasteiger partial charge < -0.3 is 15.2 Å². The molecule has 0 saturated carbocycles. The first-order chi connectivity index (χ1) is 12.8. The second-order valence-electron chi connectivity index (χ2n) is 7.18. The lowest BCUT2D eigenvalue weighted by Gasteiger charge is -2.19. The molecule has 0 aliphatic rings. The van der Waals surface area contributed by atoms with E-state index in [-0.39, 0.29) is 17.5 Å². The number of aryl methyl sites for hydroxylation is 2. The number of esters is 1. The highest BCUT2D eigenvalue weighted by molar-refractivity contribution is 7.85. The Kier molecular flexibility index (Phi) is 8.01. The average molecular weight is 410 g/mol. The van der Waals surface area contributed by atoms with Gasteiger partial charge in [-0.3, -0.25) is 4.55 Å². The van der Waals surface area contributed by atoms with Gasteiger partial charge in [-0.05, 0) is 70.5 Å². The molecule has 0 fully saturated rings. The summed E-state index contributed by atoms with van der Waals surface area (Å²) in [6.45, 7) is 9.08. The van der Waals surface area contributed by atoms with Crippen LogP contribution in [0.5, 0.6) is 5.75 Å². The van der Waals surface area contributed by atoms with E-state index in [1.165, 1.54) is 12.1 Å². The van der Waals surface area contributed by atoms with Crippen molar-refractivity contribution in [1.29, 1.82) is 0 Å². The van der Waals surface area contributed by atoms with Gasteiger partial charge in [0.1, 0.15) is 11.4 Å². The Morgan fingerprint density at radius 1 is 1.07 bits per heavy atom. The lowest BCUT2D eigenvalue weighted by Crippen LogP contribution is -2.27. The third-order valence-electron chi connectivity index (χ3n) is 3.34. The van der Waals surface area contributed by atoms with Crippen molar-refractivity contribution < 1.29 is 27.2 Å². The van der Waals surface area contributed by atoms with Crippen LogP contribution >= 0.6 is 0 Å². The molecule has 3 N–H and O–H groups in total. The topological polar surface area (TPSA) is 116 Å². The Hall–Kier alpha value is -2.58. The number of carbonyl (C=O) groups excluding carboxylic acids is 1. The molecule has 0 bridgehead atoms. The van der Waals surface area contributed by atoms with Gasteiger partial charge in [-0.15, -0.1) is 0 Å². The second-order valence-corrected chi connectivity index (χ2v) is 8.60. The first kappa shape index (κ1) is 23.5. The van der Waals surface area contributed by atoms with Crippen LogP contribution < -0.4 is 10.5 Å². The number of anilines is 1. The van der Waals surface area contributed by atoms with E-state index in [1.807, 2.05) is 34.6 Å². The lowest BCUT2D eigenvalue weighted by atomic mass is 10.2. The summed E-state index contributed by atoms with van der Waals surface area (Å²) in [5, 5.41) is 0. The van der Waals surface area contributed by atoms with E-state index in [0.717, 1.165) is 11.1 Å². The van der Waals surface area contributed by atoms with Gasteiger partial charge in [-0.2, -0.15) is 8.42 Å². The van der Waals surface area contributed by atoms with Crippen molar-refractivity contribution in [2.75, 3.05) is 12.3 Å². The van der Waals surface area contributed by atoms with E-state index in [0.29, 0.717) is 11.4 Å². The van der Waals surface area contributed by atoms with Crippen molar-refractivity contribution in [2.24, 2.45) is 0 Å². The summed E-state index contributed by atoms with van der Waals surface area (Å²) in [6.07, 6.45) is 0. The highest BCUT2D eigenvalue weighted by atomic mass is 32.2. The van der Waals surface area contributed by atoms with Gasteiger partial charge >= 0.3 is 5.97 Å². The van der Waals surface area contributed by atoms with Gasteiger partial charge in [-0.1, -0.05) is 17.7 Å². The van der Waals surface area contributed by atoms with Crippen LogP contribution in [0.1, 0.15) is 31.9 Å². The van der Waals surface area contributed by atoms with Crippen LogP contribution in [0.15, 0.2) is 47.4 Å². The van der Waals surface area contributed by atoms with E-state index in [4.69, 9.17) is 19.8 Å². The summed E-state index contributed by atoms with van der Waals surface area (Å²) in [5.41, 5.74) is 7.77. The SMILES string of the molecule is Cc1cc(OCC(=O)OC(C)(C)C)ccc1N.Cc1ccc(S(=O)(=O)O)cc1. The molecule has 0 amide bonds. The van der Waals surface area contributed by atoms with Gasteiger partial charge in [-0.25, -0.2) is 4.79 Å². The van der Waals surface area contributed by atoms with Gasteiger partial charge in [0, 0.05) is 5.69 Å². The fraction of sp³-hybridized carbons (Fsp3) is 0.350. The molecule has 8 heteroatoms. The number of rotatable bonds is 4. The quantitative estimate of drug-likeness (QED) is 0.451. The summed E-state index contributed by atoms with van der Waals surface area (Å²) in [6, 6.07) is 11.3. The normalized spacial score (nSPS) is 11.2.